The number of carbonyl (C=O) groups is 1. The van der Waals surface area contributed by atoms with E-state index in [2.05, 4.69) is 9.88 Å². The highest BCUT2D eigenvalue weighted by Crippen LogP contribution is 2.28. The van der Waals surface area contributed by atoms with Gasteiger partial charge in [0.1, 0.15) is 11.6 Å². The van der Waals surface area contributed by atoms with Crippen LogP contribution < -0.4 is 10.1 Å². The van der Waals surface area contributed by atoms with Crippen molar-refractivity contribution < 1.29 is 17.9 Å². The Labute approximate surface area is 200 Å². The van der Waals surface area contributed by atoms with E-state index in [1.54, 1.807) is 31.4 Å². The number of methoxy groups -OCH3 is 1. The van der Waals surface area contributed by atoms with Crippen LogP contribution in [0.1, 0.15) is 37.9 Å². The lowest BCUT2D eigenvalue weighted by atomic mass is 9.97. The van der Waals surface area contributed by atoms with E-state index in [9.17, 15) is 13.2 Å². The number of piperidine rings is 1. The van der Waals surface area contributed by atoms with Crippen LogP contribution in [0.25, 0.3) is 11.0 Å². The number of aryl methyl sites for hydroxylation is 2. The number of anilines is 1. The van der Waals surface area contributed by atoms with Gasteiger partial charge in [-0.05, 0) is 68.1 Å². The molecule has 0 spiro atoms. The molecule has 34 heavy (non-hydrogen) atoms. The number of imidazole rings is 1. The third kappa shape index (κ3) is 4.42. The van der Waals surface area contributed by atoms with Gasteiger partial charge in [-0.2, -0.15) is 4.31 Å². The Balaban J connectivity index is 1.22. The van der Waals surface area contributed by atoms with E-state index in [4.69, 9.17) is 9.72 Å². The molecule has 5 rings (SSSR count). The number of rotatable bonds is 5. The van der Waals surface area contributed by atoms with Crippen LogP contribution in [0.15, 0.2) is 47.4 Å². The zero-order valence-electron chi connectivity index (χ0n) is 19.4. The fourth-order valence-electron chi connectivity index (χ4n) is 4.93. The van der Waals surface area contributed by atoms with Crippen LogP contribution in [0.5, 0.6) is 5.75 Å². The molecule has 2 aromatic carbocycles. The molecule has 0 bridgehead atoms. The molecule has 2 aliphatic heterocycles. The predicted octanol–water partition coefficient (Wildman–Crippen LogP) is 3.81. The fraction of sp³-hybridized carbons (Fsp3) is 0.440. The fourth-order valence-corrected chi connectivity index (χ4v) is 6.40. The summed E-state index contributed by atoms with van der Waals surface area (Å²) in [5.41, 5.74) is 2.76. The number of sulfonamides is 1. The summed E-state index contributed by atoms with van der Waals surface area (Å²) in [5.74, 6) is 1.44. The van der Waals surface area contributed by atoms with Crippen LogP contribution in [0.2, 0.25) is 0 Å². The van der Waals surface area contributed by atoms with Crippen molar-refractivity contribution >= 4 is 32.7 Å². The molecule has 8 nitrogen and oxygen atoms in total. The lowest BCUT2D eigenvalue weighted by Crippen LogP contribution is -2.41. The number of aromatic nitrogens is 2. The van der Waals surface area contributed by atoms with E-state index >= 15 is 0 Å². The van der Waals surface area contributed by atoms with Gasteiger partial charge in [-0.1, -0.05) is 6.42 Å². The normalized spacial score (nSPS) is 17.8. The van der Waals surface area contributed by atoms with E-state index in [-0.39, 0.29) is 16.7 Å². The van der Waals surface area contributed by atoms with Crippen molar-refractivity contribution in [2.45, 2.75) is 50.0 Å². The second kappa shape index (κ2) is 9.38. The maximum absolute atomic E-state index is 13.0. The van der Waals surface area contributed by atoms with Gasteiger partial charge in [-0.15, -0.1) is 0 Å². The third-order valence-corrected chi connectivity index (χ3v) is 8.81. The summed E-state index contributed by atoms with van der Waals surface area (Å²) in [7, 11) is -2.05. The first-order valence-corrected chi connectivity index (χ1v) is 13.3. The highest BCUT2D eigenvalue weighted by atomic mass is 32.2. The van der Waals surface area contributed by atoms with Crippen LogP contribution in [0, 0.1) is 5.92 Å². The lowest BCUT2D eigenvalue weighted by Gasteiger charge is -2.30. The summed E-state index contributed by atoms with van der Waals surface area (Å²) in [6.45, 7) is 1.63. The lowest BCUT2D eigenvalue weighted by molar-refractivity contribution is -0.120. The van der Waals surface area contributed by atoms with Crippen LogP contribution in [-0.2, 0) is 27.8 Å². The summed E-state index contributed by atoms with van der Waals surface area (Å²) >= 11 is 0. The second-order valence-corrected chi connectivity index (χ2v) is 11.0. The summed E-state index contributed by atoms with van der Waals surface area (Å²) in [6.07, 6.45) is 5.54. The molecular weight excluding hydrogens is 452 g/mol. The summed E-state index contributed by atoms with van der Waals surface area (Å²) in [5, 5.41) is 3.02. The second-order valence-electron chi connectivity index (χ2n) is 9.04. The summed E-state index contributed by atoms with van der Waals surface area (Å²) in [4.78, 5) is 18.0. The van der Waals surface area contributed by atoms with Crippen LogP contribution in [-0.4, -0.2) is 48.4 Å². The van der Waals surface area contributed by atoms with Crippen molar-refractivity contribution in [2.75, 3.05) is 25.5 Å². The number of ether oxygens (including phenoxy) is 1. The number of nitrogens with zero attached hydrogens (tertiary/aromatic N) is 3. The van der Waals surface area contributed by atoms with Gasteiger partial charge in [-0.3, -0.25) is 4.79 Å². The molecule has 1 N–H and O–H groups in total. The van der Waals surface area contributed by atoms with Gasteiger partial charge >= 0.3 is 0 Å². The van der Waals surface area contributed by atoms with Gasteiger partial charge in [0.15, 0.2) is 0 Å². The van der Waals surface area contributed by atoms with E-state index in [1.165, 1.54) is 23.6 Å². The molecule has 1 saturated heterocycles. The quantitative estimate of drug-likeness (QED) is 0.597. The molecule has 2 aliphatic rings. The monoisotopic (exact) mass is 482 g/mol. The Bertz CT molecular complexity index is 1290. The molecule has 0 atom stereocenters. The Kier molecular flexibility index (Phi) is 6.31. The summed E-state index contributed by atoms with van der Waals surface area (Å²) in [6, 6.07) is 12.3. The van der Waals surface area contributed by atoms with Gasteiger partial charge < -0.3 is 14.6 Å². The number of hydrogen-bond donors (Lipinski definition) is 1. The largest absolute Gasteiger partial charge is 0.497 e. The van der Waals surface area contributed by atoms with Crippen LogP contribution in [0.4, 0.5) is 5.69 Å². The van der Waals surface area contributed by atoms with Crippen molar-refractivity contribution in [1.29, 1.82) is 0 Å². The Morgan fingerprint density at radius 2 is 1.79 bits per heavy atom. The Hall–Kier alpha value is -2.91. The molecule has 180 valence electrons. The van der Waals surface area contributed by atoms with Crippen molar-refractivity contribution in [1.82, 2.24) is 13.9 Å². The van der Waals surface area contributed by atoms with Gasteiger partial charge in [0.2, 0.25) is 15.9 Å². The third-order valence-electron chi connectivity index (χ3n) is 6.90. The summed E-state index contributed by atoms with van der Waals surface area (Å²) < 4.78 is 34.8. The van der Waals surface area contributed by atoms with E-state index in [0.29, 0.717) is 31.7 Å². The molecule has 1 amide bonds. The van der Waals surface area contributed by atoms with Gasteiger partial charge in [-0.25, -0.2) is 13.4 Å². The molecule has 1 fully saturated rings. The van der Waals surface area contributed by atoms with E-state index in [0.717, 1.165) is 35.5 Å². The molecule has 0 saturated carbocycles. The number of nitrogens with one attached hydrogen (secondary N) is 1. The first kappa shape index (κ1) is 22.9. The minimum Gasteiger partial charge on any atom is -0.497 e. The molecule has 9 heteroatoms. The topological polar surface area (TPSA) is 93.5 Å². The zero-order chi connectivity index (χ0) is 23.7. The standard InChI is InChI=1S/C25H30N4O4S/c1-33-20-7-9-21(10-8-20)34(31,32)28-15-12-18(13-16-28)25(30)26-19-6-11-23-22(17-19)27-24-5-3-2-4-14-29(23)24/h6-11,17-18H,2-5,12-16H2,1H3,(H,26,30). The van der Waals surface area contributed by atoms with Gasteiger partial charge in [0.05, 0.1) is 23.0 Å². The van der Waals surface area contributed by atoms with E-state index < -0.39 is 10.0 Å². The van der Waals surface area contributed by atoms with Crippen molar-refractivity contribution in [2.24, 2.45) is 5.92 Å². The Morgan fingerprint density at radius 1 is 1.03 bits per heavy atom. The molecule has 1 aromatic heterocycles. The first-order valence-electron chi connectivity index (χ1n) is 11.9. The number of fused-ring (bicyclic) bond motifs is 3. The average molecular weight is 483 g/mol. The van der Waals surface area contributed by atoms with E-state index in [1.807, 2.05) is 18.2 Å². The minimum absolute atomic E-state index is 0.0679. The molecule has 0 radical (unpaired) electrons. The highest BCUT2D eigenvalue weighted by Gasteiger charge is 2.32. The van der Waals surface area contributed by atoms with Crippen molar-refractivity contribution in [3.63, 3.8) is 0 Å². The minimum atomic E-state index is -3.59. The molecule has 0 aliphatic carbocycles. The maximum atomic E-state index is 13.0. The smallest absolute Gasteiger partial charge is 0.243 e. The SMILES string of the molecule is COc1ccc(S(=O)(=O)N2CCC(C(=O)Nc3ccc4c(c3)nc3n4CCCCC3)CC2)cc1. The van der Waals surface area contributed by atoms with Crippen molar-refractivity contribution in [3.05, 3.63) is 48.3 Å². The predicted molar refractivity (Wildman–Crippen MR) is 130 cm³/mol. The number of benzene rings is 2. The van der Waals surface area contributed by atoms with Gasteiger partial charge in [0, 0.05) is 37.7 Å². The zero-order valence-corrected chi connectivity index (χ0v) is 20.2. The molecular formula is C25H30N4O4S. The number of carbonyl (C=O) groups excluding carboxylic acids is 1. The van der Waals surface area contributed by atoms with Crippen molar-refractivity contribution in [3.8, 4) is 5.75 Å². The maximum Gasteiger partial charge on any atom is 0.243 e. The average Bonchev–Trinajstić information content (AvgIpc) is 3.03. The highest BCUT2D eigenvalue weighted by molar-refractivity contribution is 7.89. The molecule has 3 aromatic rings. The molecule has 0 unspecified atom stereocenters. The number of amides is 1. The first-order chi connectivity index (χ1) is 16.5. The number of hydrogen-bond acceptors (Lipinski definition) is 5. The molecule has 3 heterocycles. The Morgan fingerprint density at radius 3 is 2.53 bits per heavy atom. The van der Waals surface area contributed by atoms with Crippen LogP contribution >= 0.6 is 0 Å². The van der Waals surface area contributed by atoms with Gasteiger partial charge in [0.25, 0.3) is 0 Å². The van der Waals surface area contributed by atoms with Crippen LogP contribution in [0.3, 0.4) is 0 Å².